The maximum atomic E-state index is 11.4. The molecule has 0 bridgehead atoms. The summed E-state index contributed by atoms with van der Waals surface area (Å²) in [6, 6.07) is 0. The van der Waals surface area contributed by atoms with Gasteiger partial charge < -0.3 is 10.7 Å². The van der Waals surface area contributed by atoms with E-state index in [1.807, 2.05) is 6.92 Å². The van der Waals surface area contributed by atoms with Crippen molar-refractivity contribution in [2.24, 2.45) is 0 Å². The lowest BCUT2D eigenvalue weighted by atomic mass is 10.4. The van der Waals surface area contributed by atoms with E-state index >= 15 is 0 Å². The molecule has 6 heteroatoms. The number of nitrogens with one attached hydrogen (secondary N) is 1. The Bertz CT molecular complexity index is 512. The summed E-state index contributed by atoms with van der Waals surface area (Å²) < 4.78 is 1.65. The van der Waals surface area contributed by atoms with Crippen LogP contribution in [0.2, 0.25) is 0 Å². The van der Waals surface area contributed by atoms with Crippen LogP contribution in [0.1, 0.15) is 13.3 Å². The summed E-state index contributed by atoms with van der Waals surface area (Å²) in [5, 5.41) is 4.43. The molecule has 0 saturated carbocycles. The molecule has 0 atom stereocenters. The van der Waals surface area contributed by atoms with Crippen LogP contribution in [0.3, 0.4) is 0 Å². The molecule has 0 aliphatic rings. The van der Waals surface area contributed by atoms with Crippen molar-refractivity contribution < 1.29 is 0 Å². The molecule has 0 radical (unpaired) electrons. The van der Waals surface area contributed by atoms with Gasteiger partial charge in [0.25, 0.3) is 5.56 Å². The number of fused-ring (bicyclic) bond motifs is 1. The van der Waals surface area contributed by atoms with Gasteiger partial charge in [-0.05, 0) is 6.42 Å². The molecule has 0 amide bonds. The molecule has 0 fully saturated rings. The Kier molecular flexibility index (Phi) is 1.95. The highest BCUT2D eigenvalue weighted by Crippen LogP contribution is 2.13. The Morgan fingerprint density at radius 1 is 1.64 bits per heavy atom. The molecule has 2 rings (SSSR count). The highest BCUT2D eigenvalue weighted by atomic mass is 16.1. The third kappa shape index (κ3) is 1.15. The lowest BCUT2D eigenvalue weighted by Gasteiger charge is -1.97. The van der Waals surface area contributed by atoms with E-state index < -0.39 is 0 Å². The van der Waals surface area contributed by atoms with Crippen LogP contribution in [0, 0.1) is 0 Å². The van der Waals surface area contributed by atoms with Crippen molar-refractivity contribution in [2.45, 2.75) is 19.9 Å². The van der Waals surface area contributed by atoms with Crippen molar-refractivity contribution in [1.29, 1.82) is 0 Å². The molecule has 74 valence electrons. The Labute approximate surface area is 79.8 Å². The highest BCUT2D eigenvalue weighted by Gasteiger charge is 2.11. The fourth-order valence-electron chi connectivity index (χ4n) is 1.41. The number of nitrogens with zero attached hydrogens (tertiary/aromatic N) is 3. The number of hydrogen-bond donors (Lipinski definition) is 2. The van der Waals surface area contributed by atoms with Crippen LogP contribution < -0.4 is 11.3 Å². The van der Waals surface area contributed by atoms with Crippen molar-refractivity contribution in [3.63, 3.8) is 0 Å². The third-order valence-electron chi connectivity index (χ3n) is 2.00. The minimum Gasteiger partial charge on any atom is -0.381 e. The van der Waals surface area contributed by atoms with Crippen molar-refractivity contribution in [3.8, 4) is 0 Å². The Hall–Kier alpha value is -1.85. The van der Waals surface area contributed by atoms with Gasteiger partial charge in [0.05, 0.1) is 6.33 Å². The number of nitrogens with two attached hydrogens (primary N) is 1. The SMILES string of the molecule is CCCn1nc(N)c2c(=O)[nH]cnc21. The predicted molar refractivity (Wildman–Crippen MR) is 52.9 cm³/mol. The first kappa shape index (κ1) is 8.74. The van der Waals surface area contributed by atoms with Crippen molar-refractivity contribution in [2.75, 3.05) is 5.73 Å². The molecule has 2 aromatic rings. The summed E-state index contributed by atoms with van der Waals surface area (Å²) in [6.45, 7) is 2.74. The van der Waals surface area contributed by atoms with E-state index in [9.17, 15) is 4.79 Å². The zero-order chi connectivity index (χ0) is 10.1. The normalized spacial score (nSPS) is 10.9. The fourth-order valence-corrected chi connectivity index (χ4v) is 1.41. The smallest absolute Gasteiger partial charge is 0.264 e. The van der Waals surface area contributed by atoms with Crippen LogP contribution in [0.25, 0.3) is 11.0 Å². The molecule has 0 unspecified atom stereocenters. The topological polar surface area (TPSA) is 89.6 Å². The molecular weight excluding hydrogens is 182 g/mol. The number of aryl methyl sites for hydroxylation is 1. The van der Waals surface area contributed by atoms with Crippen molar-refractivity contribution >= 4 is 16.9 Å². The summed E-state index contributed by atoms with van der Waals surface area (Å²) in [5.74, 6) is 0.239. The number of aromatic amines is 1. The first-order chi connectivity index (χ1) is 6.74. The van der Waals surface area contributed by atoms with Crippen molar-refractivity contribution in [3.05, 3.63) is 16.7 Å². The largest absolute Gasteiger partial charge is 0.381 e. The van der Waals surface area contributed by atoms with Gasteiger partial charge in [0.1, 0.15) is 5.39 Å². The number of nitrogen functional groups attached to an aromatic ring is 1. The van der Waals surface area contributed by atoms with Gasteiger partial charge in [0, 0.05) is 6.54 Å². The van der Waals surface area contributed by atoms with Gasteiger partial charge in [0.15, 0.2) is 11.5 Å². The molecule has 2 heterocycles. The van der Waals surface area contributed by atoms with Gasteiger partial charge in [0.2, 0.25) is 0 Å². The van der Waals surface area contributed by atoms with Crippen LogP contribution in [0.15, 0.2) is 11.1 Å². The van der Waals surface area contributed by atoms with Gasteiger partial charge >= 0.3 is 0 Å². The number of H-pyrrole nitrogens is 1. The fraction of sp³-hybridized carbons (Fsp3) is 0.375. The molecule has 14 heavy (non-hydrogen) atoms. The van der Waals surface area contributed by atoms with Gasteiger partial charge in [-0.2, -0.15) is 5.10 Å². The monoisotopic (exact) mass is 193 g/mol. The van der Waals surface area contributed by atoms with E-state index in [1.165, 1.54) is 6.33 Å². The second-order valence-electron chi connectivity index (χ2n) is 3.04. The summed E-state index contributed by atoms with van der Waals surface area (Å²) in [4.78, 5) is 17.9. The van der Waals surface area contributed by atoms with E-state index in [4.69, 9.17) is 5.73 Å². The minimum atomic E-state index is -0.241. The van der Waals surface area contributed by atoms with Crippen LogP contribution in [-0.2, 0) is 6.54 Å². The molecule has 3 N–H and O–H groups in total. The number of aromatic nitrogens is 4. The lowest BCUT2D eigenvalue weighted by Crippen LogP contribution is -2.07. The Morgan fingerprint density at radius 3 is 3.14 bits per heavy atom. The number of rotatable bonds is 2. The quantitative estimate of drug-likeness (QED) is 0.708. The first-order valence-corrected chi connectivity index (χ1v) is 4.43. The summed E-state index contributed by atoms with van der Waals surface area (Å²) in [6.07, 6.45) is 2.28. The Morgan fingerprint density at radius 2 is 2.43 bits per heavy atom. The van der Waals surface area contributed by atoms with Crippen molar-refractivity contribution in [1.82, 2.24) is 19.7 Å². The second kappa shape index (κ2) is 3.13. The first-order valence-electron chi connectivity index (χ1n) is 4.43. The maximum Gasteiger partial charge on any atom is 0.264 e. The molecule has 0 spiro atoms. The average molecular weight is 193 g/mol. The summed E-state index contributed by atoms with van der Waals surface area (Å²) in [7, 11) is 0. The van der Waals surface area contributed by atoms with E-state index in [1.54, 1.807) is 4.68 Å². The van der Waals surface area contributed by atoms with Gasteiger partial charge in [-0.1, -0.05) is 6.92 Å². The summed E-state index contributed by atoms with van der Waals surface area (Å²) in [5.41, 5.74) is 5.92. The zero-order valence-corrected chi connectivity index (χ0v) is 7.82. The predicted octanol–water partition coefficient (Wildman–Crippen LogP) is 0.112. The molecule has 2 aromatic heterocycles. The van der Waals surface area contributed by atoms with E-state index in [0.717, 1.165) is 6.42 Å². The second-order valence-corrected chi connectivity index (χ2v) is 3.04. The Balaban J connectivity index is 2.77. The van der Waals surface area contributed by atoms with E-state index in [0.29, 0.717) is 17.6 Å². The lowest BCUT2D eigenvalue weighted by molar-refractivity contribution is 0.619. The van der Waals surface area contributed by atoms with E-state index in [-0.39, 0.29) is 11.4 Å². The van der Waals surface area contributed by atoms with Crippen LogP contribution in [0.4, 0.5) is 5.82 Å². The van der Waals surface area contributed by atoms with Gasteiger partial charge in [-0.25, -0.2) is 9.67 Å². The number of anilines is 1. The van der Waals surface area contributed by atoms with Crippen LogP contribution in [-0.4, -0.2) is 19.7 Å². The molecule has 0 aliphatic heterocycles. The standard InChI is InChI=1S/C8H11N5O/c1-2-3-13-7-5(6(9)12-13)8(14)11-4-10-7/h4H,2-3H2,1H3,(H2,9,12)(H,10,11,14). The van der Waals surface area contributed by atoms with Gasteiger partial charge in [-0.3, -0.25) is 4.79 Å². The minimum absolute atomic E-state index is 0.239. The molecule has 6 nitrogen and oxygen atoms in total. The maximum absolute atomic E-state index is 11.4. The summed E-state index contributed by atoms with van der Waals surface area (Å²) >= 11 is 0. The molecule has 0 aromatic carbocycles. The van der Waals surface area contributed by atoms with E-state index in [2.05, 4.69) is 15.1 Å². The molecular formula is C8H11N5O. The van der Waals surface area contributed by atoms with Crippen LogP contribution >= 0.6 is 0 Å². The van der Waals surface area contributed by atoms with Gasteiger partial charge in [-0.15, -0.1) is 0 Å². The molecule has 0 saturated heterocycles. The average Bonchev–Trinajstić information content (AvgIpc) is 2.46. The zero-order valence-electron chi connectivity index (χ0n) is 7.82. The highest BCUT2D eigenvalue weighted by molar-refractivity contribution is 5.84. The van der Waals surface area contributed by atoms with Crippen LogP contribution in [0.5, 0.6) is 0 Å². The molecule has 0 aliphatic carbocycles. The third-order valence-corrected chi connectivity index (χ3v) is 2.00. The number of hydrogen-bond acceptors (Lipinski definition) is 4.